The van der Waals surface area contributed by atoms with Gasteiger partial charge >= 0.3 is 6.36 Å². The fraction of sp³-hybridized carbons (Fsp3) is 0.593. The molecule has 0 spiro atoms. The number of carbonyl (C=O) groups is 1. The molecule has 5 rings (SSSR count). The van der Waals surface area contributed by atoms with E-state index in [9.17, 15) is 22.4 Å². The summed E-state index contributed by atoms with van der Waals surface area (Å²) in [6.45, 7) is 7.90. The second-order valence-corrected chi connectivity index (χ2v) is 10.7. The predicted molar refractivity (Wildman–Crippen MR) is 137 cm³/mol. The van der Waals surface area contributed by atoms with Crippen molar-refractivity contribution in [1.82, 2.24) is 24.7 Å². The molecule has 1 amide bonds. The number of alkyl halides is 3. The number of halogens is 4. The van der Waals surface area contributed by atoms with Crippen molar-refractivity contribution in [1.29, 1.82) is 0 Å². The zero-order valence-corrected chi connectivity index (χ0v) is 22.3. The first kappa shape index (κ1) is 27.6. The van der Waals surface area contributed by atoms with Crippen molar-refractivity contribution in [2.24, 2.45) is 0 Å². The van der Waals surface area contributed by atoms with Gasteiger partial charge in [-0.15, -0.1) is 13.2 Å². The van der Waals surface area contributed by atoms with Crippen LogP contribution in [0.4, 0.5) is 23.4 Å². The number of rotatable bonds is 6. The predicted octanol–water partition coefficient (Wildman–Crippen LogP) is 3.24. The molecule has 2 saturated heterocycles. The average Bonchev–Trinajstić information content (AvgIpc) is 3.29. The molecule has 0 unspecified atom stereocenters. The number of nitrogens with zero attached hydrogens (tertiary/aromatic N) is 6. The molecular formula is C27H34F4N6O2. The average molecular weight is 551 g/mol. The van der Waals surface area contributed by atoms with E-state index in [1.54, 1.807) is 11.2 Å². The summed E-state index contributed by atoms with van der Waals surface area (Å²) in [5.41, 5.74) is 2.64. The third-order valence-corrected chi connectivity index (χ3v) is 8.06. The molecule has 12 heteroatoms. The molecule has 2 aliphatic heterocycles. The highest BCUT2D eigenvalue weighted by molar-refractivity contribution is 5.84. The van der Waals surface area contributed by atoms with Gasteiger partial charge in [-0.1, -0.05) is 13.0 Å². The Morgan fingerprint density at radius 2 is 1.79 bits per heavy atom. The molecule has 1 aromatic heterocycles. The van der Waals surface area contributed by atoms with Gasteiger partial charge in [-0.2, -0.15) is 0 Å². The van der Waals surface area contributed by atoms with Crippen LogP contribution in [0.3, 0.4) is 0 Å². The Hall–Kier alpha value is -2.99. The van der Waals surface area contributed by atoms with Gasteiger partial charge in [0.1, 0.15) is 12.1 Å². The zero-order valence-electron chi connectivity index (χ0n) is 22.3. The Kier molecular flexibility index (Phi) is 7.95. The number of anilines is 1. The summed E-state index contributed by atoms with van der Waals surface area (Å²) in [5, 5.41) is 0. The third-order valence-electron chi connectivity index (χ3n) is 8.06. The number of benzene rings is 1. The zero-order chi connectivity index (χ0) is 27.7. The highest BCUT2D eigenvalue weighted by atomic mass is 19.4. The molecule has 0 N–H and O–H groups in total. The van der Waals surface area contributed by atoms with Crippen molar-refractivity contribution < 1.29 is 27.1 Å². The van der Waals surface area contributed by atoms with Crippen LogP contribution in [0.1, 0.15) is 42.0 Å². The lowest BCUT2D eigenvalue weighted by Crippen LogP contribution is -2.52. The number of hydrogen-bond donors (Lipinski definition) is 0. The fourth-order valence-electron chi connectivity index (χ4n) is 5.79. The maximum absolute atomic E-state index is 14.7. The number of aromatic nitrogens is 2. The second-order valence-electron chi connectivity index (χ2n) is 10.7. The number of ether oxygens (including phenoxy) is 1. The van der Waals surface area contributed by atoms with Crippen LogP contribution in [0.25, 0.3) is 0 Å². The van der Waals surface area contributed by atoms with E-state index in [1.807, 2.05) is 7.05 Å². The van der Waals surface area contributed by atoms with Gasteiger partial charge in [-0.25, -0.2) is 14.4 Å². The van der Waals surface area contributed by atoms with Crippen LogP contribution in [0, 0.1) is 5.82 Å². The molecule has 0 bridgehead atoms. The summed E-state index contributed by atoms with van der Waals surface area (Å²) in [4.78, 5) is 31.2. The van der Waals surface area contributed by atoms with E-state index >= 15 is 0 Å². The first-order valence-corrected chi connectivity index (χ1v) is 13.4. The number of aryl methyl sites for hydroxylation is 1. The van der Waals surface area contributed by atoms with Gasteiger partial charge in [-0.3, -0.25) is 9.69 Å². The molecule has 3 aliphatic rings. The van der Waals surface area contributed by atoms with Crippen LogP contribution in [0.5, 0.6) is 5.75 Å². The maximum Gasteiger partial charge on any atom is 0.573 e. The van der Waals surface area contributed by atoms with Gasteiger partial charge in [-0.05, 0) is 43.5 Å². The van der Waals surface area contributed by atoms with Crippen molar-refractivity contribution in [3.63, 3.8) is 0 Å². The van der Waals surface area contributed by atoms with Crippen LogP contribution in [0.2, 0.25) is 0 Å². The van der Waals surface area contributed by atoms with E-state index in [2.05, 4.69) is 36.3 Å². The Morgan fingerprint density at radius 3 is 2.46 bits per heavy atom. The highest BCUT2D eigenvalue weighted by Crippen LogP contribution is 2.37. The first-order valence-electron chi connectivity index (χ1n) is 13.4. The molecule has 1 aromatic carbocycles. The molecule has 1 aliphatic carbocycles. The summed E-state index contributed by atoms with van der Waals surface area (Å²) in [7, 11) is 2.03. The highest BCUT2D eigenvalue weighted by Gasteiger charge is 2.35. The smallest absolute Gasteiger partial charge is 0.403 e. The molecule has 8 nitrogen and oxygen atoms in total. The van der Waals surface area contributed by atoms with Gasteiger partial charge in [0.15, 0.2) is 11.6 Å². The molecule has 0 saturated carbocycles. The van der Waals surface area contributed by atoms with Crippen molar-refractivity contribution in [3.8, 4) is 5.75 Å². The minimum atomic E-state index is -5.00. The van der Waals surface area contributed by atoms with Crippen LogP contribution < -0.4 is 9.64 Å². The largest absolute Gasteiger partial charge is 0.573 e. The Balaban J connectivity index is 1.32. The Morgan fingerprint density at radius 1 is 1.08 bits per heavy atom. The second kappa shape index (κ2) is 11.2. The third kappa shape index (κ3) is 6.27. The lowest BCUT2D eigenvalue weighted by atomic mass is 9.95. The normalized spacial score (nSPS) is 21.6. The van der Waals surface area contributed by atoms with Crippen LogP contribution in [-0.2, 0) is 11.2 Å². The van der Waals surface area contributed by atoms with Crippen molar-refractivity contribution >= 4 is 11.7 Å². The quantitative estimate of drug-likeness (QED) is 0.512. The van der Waals surface area contributed by atoms with Crippen molar-refractivity contribution in [3.05, 3.63) is 47.2 Å². The van der Waals surface area contributed by atoms with Gasteiger partial charge in [0.2, 0.25) is 5.91 Å². The molecule has 2 aromatic rings. The van der Waals surface area contributed by atoms with Gasteiger partial charge in [0, 0.05) is 70.2 Å². The Bertz CT molecular complexity index is 1180. The molecule has 2 atom stereocenters. The van der Waals surface area contributed by atoms with E-state index in [4.69, 9.17) is 0 Å². The lowest BCUT2D eigenvalue weighted by Gasteiger charge is -2.39. The standard InChI is InChI=1S/C27H34F4N6O2/c1-18-3-5-22-24(18)25(33-17-32-22)36-11-13-37(14-12-36)26(38)20(16-35-9-7-34(2)8-10-35)19-4-6-23(21(28)15-19)39-27(29,30)31/h4,6,15,17-18,20H,3,5,7-14,16H2,1-2H3/t18-,20+/m1/s1. The number of fused-ring (bicyclic) bond motifs is 1. The van der Waals surface area contributed by atoms with Crippen LogP contribution in [0.15, 0.2) is 24.5 Å². The number of amides is 1. The van der Waals surface area contributed by atoms with Gasteiger partial charge < -0.3 is 19.4 Å². The summed E-state index contributed by atoms with van der Waals surface area (Å²) >= 11 is 0. The molecule has 2 fully saturated rings. The van der Waals surface area contributed by atoms with E-state index < -0.39 is 23.8 Å². The van der Waals surface area contributed by atoms with Crippen LogP contribution >= 0.6 is 0 Å². The van der Waals surface area contributed by atoms with Crippen molar-refractivity contribution in [2.75, 3.05) is 70.9 Å². The number of piperazine rings is 2. The van der Waals surface area contributed by atoms with Gasteiger partial charge in [0.25, 0.3) is 0 Å². The van der Waals surface area contributed by atoms with E-state index in [0.717, 1.165) is 62.7 Å². The molecule has 0 radical (unpaired) electrons. The molecule has 39 heavy (non-hydrogen) atoms. The fourth-order valence-corrected chi connectivity index (χ4v) is 5.79. The van der Waals surface area contributed by atoms with E-state index in [-0.39, 0.29) is 5.91 Å². The molecule has 212 valence electrons. The summed E-state index contributed by atoms with van der Waals surface area (Å²) < 4.78 is 56.5. The van der Waals surface area contributed by atoms with Crippen LogP contribution in [-0.4, -0.2) is 103 Å². The monoisotopic (exact) mass is 550 g/mol. The Labute approximate surface area is 225 Å². The minimum absolute atomic E-state index is 0.154. The summed E-state index contributed by atoms with van der Waals surface area (Å²) in [6.07, 6.45) is -1.40. The molecule has 3 heterocycles. The van der Waals surface area contributed by atoms with E-state index in [1.165, 1.54) is 11.6 Å². The number of likely N-dealkylation sites (N-methyl/N-ethyl adjacent to an activating group) is 1. The first-order chi connectivity index (χ1) is 18.6. The lowest BCUT2D eigenvalue weighted by molar-refractivity contribution is -0.275. The van der Waals surface area contributed by atoms with E-state index in [0.29, 0.717) is 44.2 Å². The number of hydrogen-bond acceptors (Lipinski definition) is 7. The topological polar surface area (TPSA) is 65.0 Å². The SMILES string of the molecule is C[C@@H]1CCc2ncnc(N3CCN(C(=O)[C@@H](CN4CCN(C)CC4)c4ccc(OC(F)(F)F)c(F)c4)CC3)c21. The summed E-state index contributed by atoms with van der Waals surface area (Å²) in [5.74, 6) is -1.58. The summed E-state index contributed by atoms with van der Waals surface area (Å²) in [6, 6.07) is 3.32. The maximum atomic E-state index is 14.7. The van der Waals surface area contributed by atoms with Gasteiger partial charge in [0.05, 0.1) is 5.92 Å². The minimum Gasteiger partial charge on any atom is -0.403 e. The van der Waals surface area contributed by atoms with Crippen molar-refractivity contribution in [2.45, 2.75) is 38.0 Å². The molecular weight excluding hydrogens is 516 g/mol. The number of carbonyl (C=O) groups excluding carboxylic acids is 1.